The Kier molecular flexibility index (Phi) is 2.70. The van der Waals surface area contributed by atoms with Gasteiger partial charge >= 0.3 is 0 Å². The zero-order valence-corrected chi connectivity index (χ0v) is 7.13. The largest absolute Gasteiger partial charge is 0.363 e. The van der Waals surface area contributed by atoms with E-state index < -0.39 is 11.7 Å². The first-order valence-corrected chi connectivity index (χ1v) is 4.03. The summed E-state index contributed by atoms with van der Waals surface area (Å²) in [4.78, 5) is 34.9. The number of anilines is 1. The molecule has 3 N–H and O–H groups in total. The molecule has 1 aromatic heterocycles. The lowest BCUT2D eigenvalue weighted by atomic mass is 10.3. The molecule has 0 saturated heterocycles. The molecule has 0 spiro atoms. The fourth-order valence-electron chi connectivity index (χ4n) is 0.621. The van der Waals surface area contributed by atoms with Crippen LogP contribution in [0.15, 0.2) is 5.38 Å². The monoisotopic (exact) mass is 199 g/mol. The van der Waals surface area contributed by atoms with Crippen molar-refractivity contribution < 1.29 is 14.4 Å². The van der Waals surface area contributed by atoms with Gasteiger partial charge in [-0.05, 0) is 0 Å². The van der Waals surface area contributed by atoms with E-state index in [2.05, 4.69) is 10.3 Å². The van der Waals surface area contributed by atoms with E-state index in [9.17, 15) is 14.4 Å². The van der Waals surface area contributed by atoms with E-state index in [0.717, 1.165) is 11.3 Å². The third kappa shape index (κ3) is 2.09. The van der Waals surface area contributed by atoms with Crippen molar-refractivity contribution in [3.8, 4) is 0 Å². The van der Waals surface area contributed by atoms with E-state index in [1.54, 1.807) is 0 Å². The first-order chi connectivity index (χ1) is 6.15. The number of hydrogen-bond donors (Lipinski definition) is 2. The first-order valence-electron chi connectivity index (χ1n) is 3.15. The second-order valence-electron chi connectivity index (χ2n) is 1.99. The van der Waals surface area contributed by atoms with Gasteiger partial charge in [0.2, 0.25) is 6.41 Å². The average molecular weight is 199 g/mol. The predicted molar refractivity (Wildman–Crippen MR) is 45.3 cm³/mol. The Morgan fingerprint density at radius 3 is 2.85 bits per heavy atom. The first kappa shape index (κ1) is 9.33. The number of carbonyl (C=O) groups excluding carboxylic acids is 3. The van der Waals surface area contributed by atoms with Crippen LogP contribution in [0, 0.1) is 0 Å². The molecule has 0 atom stereocenters. The van der Waals surface area contributed by atoms with Crippen LogP contribution in [0.25, 0.3) is 0 Å². The molecular weight excluding hydrogens is 194 g/mol. The summed E-state index contributed by atoms with van der Waals surface area (Å²) < 4.78 is 0. The number of thiazole rings is 1. The fourth-order valence-corrected chi connectivity index (χ4v) is 1.27. The van der Waals surface area contributed by atoms with E-state index in [0.29, 0.717) is 6.41 Å². The number of nitrogens with zero attached hydrogens (tertiary/aromatic N) is 1. The summed E-state index contributed by atoms with van der Waals surface area (Å²) in [5, 5.41) is 3.84. The molecule has 0 aliphatic heterocycles. The molecule has 6 nitrogen and oxygen atoms in total. The number of primary amides is 1. The number of ketones is 1. The fraction of sp³-hybridized carbons (Fsp3) is 0. The molecule has 0 fully saturated rings. The zero-order chi connectivity index (χ0) is 9.84. The average Bonchev–Trinajstić information content (AvgIpc) is 2.52. The second-order valence-corrected chi connectivity index (χ2v) is 2.85. The van der Waals surface area contributed by atoms with Crippen molar-refractivity contribution in [3.63, 3.8) is 0 Å². The summed E-state index contributed by atoms with van der Waals surface area (Å²) in [6.45, 7) is 0. The lowest BCUT2D eigenvalue weighted by Crippen LogP contribution is -2.23. The number of Topliss-reactive ketones (excluding diaryl/α,β-unsaturated/α-hetero) is 1. The Morgan fingerprint density at radius 1 is 1.62 bits per heavy atom. The van der Waals surface area contributed by atoms with Crippen LogP contribution >= 0.6 is 11.3 Å². The second kappa shape index (κ2) is 3.76. The number of nitrogens with one attached hydrogen (secondary N) is 1. The Labute approximate surface area is 76.8 Å². The van der Waals surface area contributed by atoms with Crippen LogP contribution in [0.4, 0.5) is 5.13 Å². The lowest BCUT2D eigenvalue weighted by molar-refractivity contribution is -0.114. The summed E-state index contributed by atoms with van der Waals surface area (Å²) in [5.74, 6) is -1.93. The minimum absolute atomic E-state index is 0.0538. The summed E-state index contributed by atoms with van der Waals surface area (Å²) in [5.41, 5.74) is 4.68. The van der Waals surface area contributed by atoms with Gasteiger partial charge in [-0.1, -0.05) is 0 Å². The number of carbonyl (C=O) groups is 3. The van der Waals surface area contributed by atoms with Crippen molar-refractivity contribution in [1.29, 1.82) is 0 Å². The van der Waals surface area contributed by atoms with Gasteiger partial charge in [-0.2, -0.15) is 0 Å². The van der Waals surface area contributed by atoms with E-state index in [1.165, 1.54) is 5.38 Å². The minimum Gasteiger partial charge on any atom is -0.363 e. The molecule has 0 bridgehead atoms. The molecule has 0 aliphatic carbocycles. The molecule has 0 aliphatic rings. The Bertz CT molecular complexity index is 360. The van der Waals surface area contributed by atoms with E-state index in [1.807, 2.05) is 0 Å². The topological polar surface area (TPSA) is 102 Å². The van der Waals surface area contributed by atoms with Crippen LogP contribution in [0.2, 0.25) is 0 Å². The van der Waals surface area contributed by atoms with Gasteiger partial charge in [0.1, 0.15) is 5.69 Å². The smallest absolute Gasteiger partial charge is 0.291 e. The molecule has 1 rings (SSSR count). The van der Waals surface area contributed by atoms with E-state index >= 15 is 0 Å². The van der Waals surface area contributed by atoms with Crippen molar-refractivity contribution in [2.45, 2.75) is 0 Å². The molecule has 7 heteroatoms. The maximum Gasteiger partial charge on any atom is 0.291 e. The van der Waals surface area contributed by atoms with Gasteiger partial charge in [0, 0.05) is 5.38 Å². The highest BCUT2D eigenvalue weighted by molar-refractivity contribution is 7.14. The molecular formula is C6H5N3O3S. The van der Waals surface area contributed by atoms with Crippen LogP contribution in [0.1, 0.15) is 10.5 Å². The highest BCUT2D eigenvalue weighted by atomic mass is 32.1. The number of rotatable bonds is 4. The molecule has 68 valence electrons. The summed E-state index contributed by atoms with van der Waals surface area (Å²) in [7, 11) is 0. The highest BCUT2D eigenvalue weighted by Crippen LogP contribution is 2.14. The molecule has 0 radical (unpaired) electrons. The maximum atomic E-state index is 10.9. The van der Waals surface area contributed by atoms with Crippen LogP contribution in [0.5, 0.6) is 0 Å². The molecule has 2 amide bonds. The highest BCUT2D eigenvalue weighted by Gasteiger charge is 2.15. The lowest BCUT2D eigenvalue weighted by Gasteiger charge is -1.88. The van der Waals surface area contributed by atoms with E-state index in [-0.39, 0.29) is 10.8 Å². The predicted octanol–water partition coefficient (Wildman–Crippen LogP) is -0.621. The Morgan fingerprint density at radius 2 is 2.31 bits per heavy atom. The third-order valence-corrected chi connectivity index (χ3v) is 1.92. The van der Waals surface area contributed by atoms with Crippen LogP contribution in [-0.2, 0) is 9.59 Å². The SMILES string of the molecule is NC(=O)C(=O)c1csc(NC=O)n1. The Hall–Kier alpha value is -1.76. The van der Waals surface area contributed by atoms with Crippen molar-refractivity contribution in [2.75, 3.05) is 5.32 Å². The molecule has 0 aromatic carbocycles. The van der Waals surface area contributed by atoms with Crippen molar-refractivity contribution in [1.82, 2.24) is 4.98 Å². The van der Waals surface area contributed by atoms with Gasteiger partial charge in [-0.15, -0.1) is 11.3 Å². The van der Waals surface area contributed by atoms with Gasteiger partial charge in [0.05, 0.1) is 0 Å². The number of nitrogens with two attached hydrogens (primary N) is 1. The molecule has 1 aromatic rings. The summed E-state index contributed by atoms with van der Waals surface area (Å²) in [6, 6.07) is 0. The minimum atomic E-state index is -1.07. The zero-order valence-electron chi connectivity index (χ0n) is 6.31. The van der Waals surface area contributed by atoms with Gasteiger partial charge in [-0.25, -0.2) is 4.98 Å². The number of amides is 2. The molecule has 0 saturated carbocycles. The van der Waals surface area contributed by atoms with Crippen LogP contribution in [-0.4, -0.2) is 23.1 Å². The molecule has 1 heterocycles. The Balaban J connectivity index is 2.85. The van der Waals surface area contributed by atoms with Crippen LogP contribution in [0.3, 0.4) is 0 Å². The van der Waals surface area contributed by atoms with E-state index in [4.69, 9.17) is 5.73 Å². The number of hydrogen-bond acceptors (Lipinski definition) is 5. The van der Waals surface area contributed by atoms with Gasteiger partial charge in [-0.3, -0.25) is 14.4 Å². The third-order valence-electron chi connectivity index (χ3n) is 1.14. The standard InChI is InChI=1S/C6H5N3O3S/c7-5(12)4(11)3-1-13-6(9-3)8-2-10/h1-2H,(H2,7,12)(H,8,9,10). The molecule has 0 unspecified atom stereocenters. The van der Waals surface area contributed by atoms with Crippen molar-refractivity contribution in [3.05, 3.63) is 11.1 Å². The maximum absolute atomic E-state index is 10.9. The van der Waals surface area contributed by atoms with Crippen LogP contribution < -0.4 is 11.1 Å². The van der Waals surface area contributed by atoms with Gasteiger partial charge in [0.15, 0.2) is 5.13 Å². The van der Waals surface area contributed by atoms with Crippen molar-refractivity contribution in [2.24, 2.45) is 5.73 Å². The summed E-state index contributed by atoms with van der Waals surface area (Å²) >= 11 is 1.04. The number of aromatic nitrogens is 1. The normalized spacial score (nSPS) is 9.23. The molecule has 13 heavy (non-hydrogen) atoms. The summed E-state index contributed by atoms with van der Waals surface area (Å²) in [6.07, 6.45) is 0.428. The van der Waals surface area contributed by atoms with Crippen molar-refractivity contribution >= 4 is 34.6 Å². The van der Waals surface area contributed by atoms with Gasteiger partial charge < -0.3 is 11.1 Å². The quantitative estimate of drug-likeness (QED) is 0.383. The van der Waals surface area contributed by atoms with Gasteiger partial charge in [0.25, 0.3) is 11.7 Å².